The second kappa shape index (κ2) is 5.11. The van der Waals surface area contributed by atoms with Crippen LogP contribution in [0.2, 0.25) is 0 Å². The van der Waals surface area contributed by atoms with Gasteiger partial charge in [-0.1, -0.05) is 30.3 Å². The molecule has 0 aliphatic carbocycles. The van der Waals surface area contributed by atoms with Crippen molar-refractivity contribution >= 4 is 10.8 Å². The summed E-state index contributed by atoms with van der Waals surface area (Å²) in [7, 11) is 0. The number of halogens is 1. The van der Waals surface area contributed by atoms with Gasteiger partial charge in [-0.25, -0.2) is 4.39 Å². The van der Waals surface area contributed by atoms with Gasteiger partial charge >= 0.3 is 0 Å². The Morgan fingerprint density at radius 1 is 0.947 bits per heavy atom. The van der Waals surface area contributed by atoms with E-state index in [2.05, 4.69) is 6.07 Å². The molecule has 0 saturated heterocycles. The molecule has 0 heterocycles. The molecule has 0 aliphatic rings. The largest absolute Gasteiger partial charge is 0.489 e. The van der Waals surface area contributed by atoms with Gasteiger partial charge in [0.1, 0.15) is 18.2 Å². The van der Waals surface area contributed by atoms with Gasteiger partial charge in [-0.2, -0.15) is 0 Å². The maximum Gasteiger partial charge on any atom is 0.123 e. The molecule has 0 aromatic heterocycles. The van der Waals surface area contributed by atoms with Crippen molar-refractivity contribution in [3.05, 3.63) is 78.1 Å². The Kier molecular flexibility index (Phi) is 3.15. The molecule has 0 spiro atoms. The van der Waals surface area contributed by atoms with Gasteiger partial charge in [-0.05, 0) is 52.7 Å². The SMILES string of the molecule is Fc1ccc(COc2ccc3c[c]ccc3c2)cc1. The molecule has 3 rings (SSSR count). The highest BCUT2D eigenvalue weighted by atomic mass is 19.1. The van der Waals surface area contributed by atoms with Crippen LogP contribution in [0.15, 0.2) is 60.7 Å². The van der Waals surface area contributed by atoms with Crippen molar-refractivity contribution < 1.29 is 9.13 Å². The first-order valence-electron chi connectivity index (χ1n) is 6.08. The minimum absolute atomic E-state index is 0.231. The monoisotopic (exact) mass is 251 g/mol. The predicted octanol–water partition coefficient (Wildman–Crippen LogP) is 4.36. The lowest BCUT2D eigenvalue weighted by Crippen LogP contribution is -1.95. The second-order valence-corrected chi connectivity index (χ2v) is 4.35. The zero-order valence-corrected chi connectivity index (χ0v) is 10.3. The highest BCUT2D eigenvalue weighted by Crippen LogP contribution is 2.21. The highest BCUT2D eigenvalue weighted by molar-refractivity contribution is 5.83. The molecule has 0 amide bonds. The molecule has 2 heteroatoms. The summed E-state index contributed by atoms with van der Waals surface area (Å²) >= 11 is 0. The van der Waals surface area contributed by atoms with Crippen LogP contribution in [0.25, 0.3) is 10.8 Å². The Bertz CT molecular complexity index is 689. The van der Waals surface area contributed by atoms with E-state index >= 15 is 0 Å². The maximum atomic E-state index is 12.8. The van der Waals surface area contributed by atoms with Crippen LogP contribution in [0.4, 0.5) is 4.39 Å². The molecule has 0 bridgehead atoms. The second-order valence-electron chi connectivity index (χ2n) is 4.35. The van der Waals surface area contributed by atoms with E-state index in [1.54, 1.807) is 12.1 Å². The Hall–Kier alpha value is -2.35. The summed E-state index contributed by atoms with van der Waals surface area (Å²) in [4.78, 5) is 0. The van der Waals surface area contributed by atoms with E-state index in [-0.39, 0.29) is 5.82 Å². The van der Waals surface area contributed by atoms with Crippen LogP contribution in [0.3, 0.4) is 0 Å². The van der Waals surface area contributed by atoms with Crippen LogP contribution in [-0.2, 0) is 6.61 Å². The first-order valence-corrected chi connectivity index (χ1v) is 6.08. The normalized spacial score (nSPS) is 10.6. The summed E-state index contributed by atoms with van der Waals surface area (Å²) in [5.74, 6) is 0.578. The molecule has 0 atom stereocenters. The molecule has 3 aromatic carbocycles. The first kappa shape index (κ1) is 11.7. The zero-order valence-electron chi connectivity index (χ0n) is 10.3. The number of hydrogen-bond acceptors (Lipinski definition) is 1. The van der Waals surface area contributed by atoms with E-state index < -0.39 is 0 Å². The average Bonchev–Trinajstić information content (AvgIpc) is 2.46. The van der Waals surface area contributed by atoms with Crippen molar-refractivity contribution in [2.24, 2.45) is 0 Å². The Balaban J connectivity index is 1.76. The summed E-state index contributed by atoms with van der Waals surface area (Å²) in [5, 5.41) is 2.26. The lowest BCUT2D eigenvalue weighted by Gasteiger charge is -2.07. The van der Waals surface area contributed by atoms with Gasteiger partial charge < -0.3 is 4.74 Å². The van der Waals surface area contributed by atoms with Gasteiger partial charge in [0.2, 0.25) is 0 Å². The summed E-state index contributed by atoms with van der Waals surface area (Å²) in [5.41, 5.74) is 0.947. The van der Waals surface area contributed by atoms with Crippen LogP contribution in [-0.4, -0.2) is 0 Å². The number of ether oxygens (including phenoxy) is 1. The van der Waals surface area contributed by atoms with Crippen LogP contribution in [0, 0.1) is 11.9 Å². The van der Waals surface area contributed by atoms with Gasteiger partial charge in [0.15, 0.2) is 0 Å². The lowest BCUT2D eigenvalue weighted by molar-refractivity contribution is 0.306. The third kappa shape index (κ3) is 2.74. The molecule has 0 N–H and O–H groups in total. The minimum Gasteiger partial charge on any atom is -0.489 e. The Labute approximate surface area is 111 Å². The van der Waals surface area contributed by atoms with E-state index in [0.717, 1.165) is 22.1 Å². The molecule has 0 fully saturated rings. The zero-order chi connectivity index (χ0) is 13.1. The fraction of sp³-hybridized carbons (Fsp3) is 0.0588. The molecule has 0 saturated carbocycles. The maximum absolute atomic E-state index is 12.8. The Morgan fingerprint density at radius 2 is 1.79 bits per heavy atom. The predicted molar refractivity (Wildman–Crippen MR) is 73.5 cm³/mol. The van der Waals surface area contributed by atoms with E-state index in [4.69, 9.17) is 4.74 Å². The molecule has 1 radical (unpaired) electrons. The first-order chi connectivity index (χ1) is 9.31. The summed E-state index contributed by atoms with van der Waals surface area (Å²) < 4.78 is 18.5. The number of rotatable bonds is 3. The third-order valence-electron chi connectivity index (χ3n) is 2.97. The molecule has 0 unspecified atom stereocenters. The standard InChI is InChI=1S/C17H12FO/c18-16-8-5-13(6-9-16)12-19-17-10-7-14-3-1-2-4-15(14)11-17/h2-11H,12H2. The van der Waals surface area contributed by atoms with Crippen molar-refractivity contribution in [3.8, 4) is 5.75 Å². The molecule has 3 aromatic rings. The van der Waals surface area contributed by atoms with Gasteiger partial charge in [0.25, 0.3) is 0 Å². The molecule has 19 heavy (non-hydrogen) atoms. The van der Waals surface area contributed by atoms with Crippen LogP contribution >= 0.6 is 0 Å². The number of hydrogen-bond donors (Lipinski definition) is 0. The van der Waals surface area contributed by atoms with Crippen LogP contribution in [0.1, 0.15) is 5.56 Å². The van der Waals surface area contributed by atoms with E-state index in [9.17, 15) is 4.39 Å². The van der Waals surface area contributed by atoms with E-state index in [0.29, 0.717) is 6.61 Å². The smallest absolute Gasteiger partial charge is 0.123 e. The quantitative estimate of drug-likeness (QED) is 0.672. The average molecular weight is 251 g/mol. The lowest BCUT2D eigenvalue weighted by atomic mass is 10.1. The summed E-state index contributed by atoms with van der Waals surface area (Å²) in [6, 6.07) is 21.1. The Morgan fingerprint density at radius 3 is 2.63 bits per heavy atom. The third-order valence-corrected chi connectivity index (χ3v) is 2.97. The topological polar surface area (TPSA) is 9.23 Å². The molecule has 93 valence electrons. The van der Waals surface area contributed by atoms with Crippen molar-refractivity contribution in [1.82, 2.24) is 0 Å². The fourth-order valence-corrected chi connectivity index (χ4v) is 1.94. The van der Waals surface area contributed by atoms with Crippen molar-refractivity contribution in [2.75, 3.05) is 0 Å². The van der Waals surface area contributed by atoms with E-state index in [1.165, 1.54) is 12.1 Å². The van der Waals surface area contributed by atoms with Crippen molar-refractivity contribution in [2.45, 2.75) is 6.61 Å². The minimum atomic E-state index is -0.231. The van der Waals surface area contributed by atoms with Gasteiger partial charge in [0.05, 0.1) is 0 Å². The molecule has 0 aliphatic heterocycles. The number of benzene rings is 3. The highest BCUT2D eigenvalue weighted by Gasteiger charge is 1.99. The van der Waals surface area contributed by atoms with E-state index in [1.807, 2.05) is 36.4 Å². The summed E-state index contributed by atoms with van der Waals surface area (Å²) in [6.07, 6.45) is 0. The summed E-state index contributed by atoms with van der Waals surface area (Å²) in [6.45, 7) is 0.435. The van der Waals surface area contributed by atoms with Gasteiger partial charge in [-0.15, -0.1) is 0 Å². The van der Waals surface area contributed by atoms with Gasteiger partial charge in [0, 0.05) is 0 Å². The molecular formula is C17H12FO. The van der Waals surface area contributed by atoms with Crippen LogP contribution in [0.5, 0.6) is 5.75 Å². The van der Waals surface area contributed by atoms with Crippen LogP contribution < -0.4 is 4.74 Å². The van der Waals surface area contributed by atoms with Gasteiger partial charge in [-0.3, -0.25) is 0 Å². The molecular weight excluding hydrogens is 239 g/mol. The van der Waals surface area contributed by atoms with Crippen molar-refractivity contribution in [1.29, 1.82) is 0 Å². The molecule has 1 nitrogen and oxygen atoms in total. The van der Waals surface area contributed by atoms with Crippen molar-refractivity contribution in [3.63, 3.8) is 0 Å². The number of fused-ring (bicyclic) bond motifs is 1. The fourth-order valence-electron chi connectivity index (χ4n) is 1.94.